The van der Waals surface area contributed by atoms with Gasteiger partial charge in [0, 0.05) is 39.0 Å². The molecule has 4 heteroatoms. The van der Waals surface area contributed by atoms with Crippen LogP contribution in [0.5, 0.6) is 0 Å². The fraction of sp³-hybridized carbons (Fsp3) is 0.562. The Hall–Kier alpha value is -1.39. The van der Waals surface area contributed by atoms with E-state index in [0.29, 0.717) is 39.0 Å². The summed E-state index contributed by atoms with van der Waals surface area (Å²) in [5.41, 5.74) is 0.358. The standard InChI is InChI=1S/C16H23NO3/c1-13(14-5-3-2-4-6-14)11-15(18)17-12-16(19)7-9-20-10-8-16/h2-6,13,19H,7-12H2,1H3,(H,17,18). The average molecular weight is 277 g/mol. The molecular formula is C16H23NO3. The van der Waals surface area contributed by atoms with Crippen LogP contribution in [0.1, 0.15) is 37.7 Å². The highest BCUT2D eigenvalue weighted by Crippen LogP contribution is 2.20. The quantitative estimate of drug-likeness (QED) is 0.863. The Morgan fingerprint density at radius 3 is 2.65 bits per heavy atom. The van der Waals surface area contributed by atoms with Crippen molar-refractivity contribution in [3.05, 3.63) is 35.9 Å². The maximum atomic E-state index is 12.0. The summed E-state index contributed by atoms with van der Waals surface area (Å²) >= 11 is 0. The third-order valence-corrected chi connectivity index (χ3v) is 3.90. The smallest absolute Gasteiger partial charge is 0.220 e. The highest BCUT2D eigenvalue weighted by molar-refractivity contribution is 5.76. The van der Waals surface area contributed by atoms with Gasteiger partial charge in [-0.05, 0) is 11.5 Å². The molecule has 110 valence electrons. The topological polar surface area (TPSA) is 58.6 Å². The molecule has 1 aliphatic heterocycles. The van der Waals surface area contributed by atoms with Crippen LogP contribution in [0.2, 0.25) is 0 Å². The van der Waals surface area contributed by atoms with Gasteiger partial charge in [-0.2, -0.15) is 0 Å². The summed E-state index contributed by atoms with van der Waals surface area (Å²) in [7, 11) is 0. The molecule has 1 fully saturated rings. The van der Waals surface area contributed by atoms with Crippen molar-refractivity contribution in [1.29, 1.82) is 0 Å². The fourth-order valence-corrected chi connectivity index (χ4v) is 2.44. The lowest BCUT2D eigenvalue weighted by molar-refractivity contribution is -0.124. The second kappa shape index (κ2) is 6.86. The number of ether oxygens (including phenoxy) is 1. The fourth-order valence-electron chi connectivity index (χ4n) is 2.44. The summed E-state index contributed by atoms with van der Waals surface area (Å²) in [6.07, 6.45) is 1.61. The average Bonchev–Trinajstić information content (AvgIpc) is 2.47. The molecule has 0 spiro atoms. The molecular weight excluding hydrogens is 254 g/mol. The van der Waals surface area contributed by atoms with E-state index in [2.05, 4.69) is 5.32 Å². The molecule has 1 unspecified atom stereocenters. The lowest BCUT2D eigenvalue weighted by Gasteiger charge is -2.32. The Balaban J connectivity index is 1.78. The Morgan fingerprint density at radius 1 is 1.35 bits per heavy atom. The van der Waals surface area contributed by atoms with Gasteiger partial charge in [0.25, 0.3) is 0 Å². The molecule has 1 heterocycles. The Kier molecular flexibility index (Phi) is 5.15. The highest BCUT2D eigenvalue weighted by atomic mass is 16.5. The van der Waals surface area contributed by atoms with E-state index >= 15 is 0 Å². The van der Waals surface area contributed by atoms with Crippen molar-refractivity contribution in [3.8, 4) is 0 Å². The van der Waals surface area contributed by atoms with Gasteiger partial charge < -0.3 is 15.2 Å². The van der Waals surface area contributed by atoms with Gasteiger partial charge in [-0.1, -0.05) is 37.3 Å². The van der Waals surface area contributed by atoms with Gasteiger partial charge in [-0.3, -0.25) is 4.79 Å². The Morgan fingerprint density at radius 2 is 2.00 bits per heavy atom. The molecule has 1 aromatic carbocycles. The van der Waals surface area contributed by atoms with E-state index in [1.807, 2.05) is 37.3 Å². The predicted octanol–water partition coefficient (Wildman–Crippen LogP) is 1.84. The molecule has 0 saturated carbocycles. The summed E-state index contributed by atoms with van der Waals surface area (Å²) in [5, 5.41) is 13.1. The molecule has 1 saturated heterocycles. The van der Waals surface area contributed by atoms with Gasteiger partial charge in [-0.15, -0.1) is 0 Å². The molecule has 2 rings (SSSR count). The van der Waals surface area contributed by atoms with Crippen LogP contribution in [0.25, 0.3) is 0 Å². The molecule has 0 aromatic heterocycles. The second-order valence-corrected chi connectivity index (χ2v) is 5.63. The highest BCUT2D eigenvalue weighted by Gasteiger charge is 2.30. The minimum Gasteiger partial charge on any atom is -0.388 e. The first-order chi connectivity index (χ1) is 9.59. The molecule has 0 bridgehead atoms. The van der Waals surface area contributed by atoms with Crippen LogP contribution in [0.15, 0.2) is 30.3 Å². The summed E-state index contributed by atoms with van der Waals surface area (Å²) in [6, 6.07) is 9.99. The number of aliphatic hydroxyl groups is 1. The Bertz CT molecular complexity index is 427. The molecule has 0 radical (unpaired) electrons. The van der Waals surface area contributed by atoms with Gasteiger partial charge in [0.2, 0.25) is 5.91 Å². The number of carbonyl (C=O) groups excluding carboxylic acids is 1. The van der Waals surface area contributed by atoms with Crippen LogP contribution in [-0.2, 0) is 9.53 Å². The van der Waals surface area contributed by atoms with Crippen molar-refractivity contribution in [3.63, 3.8) is 0 Å². The van der Waals surface area contributed by atoms with Gasteiger partial charge in [0.15, 0.2) is 0 Å². The molecule has 0 aliphatic carbocycles. The zero-order valence-corrected chi connectivity index (χ0v) is 12.0. The van der Waals surface area contributed by atoms with Crippen LogP contribution >= 0.6 is 0 Å². The number of nitrogens with one attached hydrogen (secondary N) is 1. The summed E-state index contributed by atoms with van der Waals surface area (Å²) < 4.78 is 5.22. The van der Waals surface area contributed by atoms with Crippen molar-refractivity contribution >= 4 is 5.91 Å². The molecule has 2 N–H and O–H groups in total. The van der Waals surface area contributed by atoms with Gasteiger partial charge in [0.05, 0.1) is 5.60 Å². The van der Waals surface area contributed by atoms with Crippen molar-refractivity contribution in [1.82, 2.24) is 5.32 Å². The number of carbonyl (C=O) groups is 1. The summed E-state index contributed by atoms with van der Waals surface area (Å²) in [4.78, 5) is 12.0. The minimum absolute atomic E-state index is 0.0127. The number of benzene rings is 1. The van der Waals surface area contributed by atoms with Gasteiger partial charge >= 0.3 is 0 Å². The third kappa shape index (κ3) is 4.32. The van der Waals surface area contributed by atoms with Gasteiger partial charge in [-0.25, -0.2) is 0 Å². The first kappa shape index (κ1) is 15.0. The lowest BCUT2D eigenvalue weighted by Crippen LogP contribution is -2.46. The maximum absolute atomic E-state index is 12.0. The molecule has 1 amide bonds. The van der Waals surface area contributed by atoms with E-state index in [1.165, 1.54) is 0 Å². The van der Waals surface area contributed by atoms with Crippen LogP contribution in [0.3, 0.4) is 0 Å². The monoisotopic (exact) mass is 277 g/mol. The number of hydrogen-bond donors (Lipinski definition) is 2. The number of rotatable bonds is 5. The first-order valence-electron chi connectivity index (χ1n) is 7.21. The molecule has 4 nitrogen and oxygen atoms in total. The normalized spacial score (nSPS) is 19.3. The summed E-state index contributed by atoms with van der Waals surface area (Å²) in [6.45, 7) is 3.48. The maximum Gasteiger partial charge on any atom is 0.220 e. The van der Waals surface area contributed by atoms with E-state index in [1.54, 1.807) is 0 Å². The van der Waals surface area contributed by atoms with Crippen LogP contribution in [0, 0.1) is 0 Å². The van der Waals surface area contributed by atoms with E-state index in [0.717, 1.165) is 5.56 Å². The second-order valence-electron chi connectivity index (χ2n) is 5.63. The Labute approximate surface area is 120 Å². The SMILES string of the molecule is CC(CC(=O)NCC1(O)CCOCC1)c1ccccc1. The van der Waals surface area contributed by atoms with Gasteiger partial charge in [0.1, 0.15) is 0 Å². The van der Waals surface area contributed by atoms with Crippen molar-refractivity contribution < 1.29 is 14.6 Å². The summed E-state index contributed by atoms with van der Waals surface area (Å²) in [5.74, 6) is 0.168. The zero-order chi connectivity index (χ0) is 14.4. The van der Waals surface area contributed by atoms with E-state index in [9.17, 15) is 9.90 Å². The third-order valence-electron chi connectivity index (χ3n) is 3.90. The first-order valence-corrected chi connectivity index (χ1v) is 7.21. The number of hydrogen-bond acceptors (Lipinski definition) is 3. The van der Waals surface area contributed by atoms with E-state index < -0.39 is 5.60 Å². The zero-order valence-electron chi connectivity index (χ0n) is 12.0. The molecule has 1 atom stereocenters. The van der Waals surface area contributed by atoms with Crippen LogP contribution < -0.4 is 5.32 Å². The lowest BCUT2D eigenvalue weighted by atomic mass is 9.94. The van der Waals surface area contributed by atoms with E-state index in [4.69, 9.17) is 4.74 Å². The number of amides is 1. The largest absolute Gasteiger partial charge is 0.388 e. The van der Waals surface area contributed by atoms with Crippen molar-refractivity contribution in [2.24, 2.45) is 0 Å². The van der Waals surface area contributed by atoms with Crippen LogP contribution in [-0.4, -0.2) is 36.4 Å². The van der Waals surface area contributed by atoms with Crippen molar-refractivity contribution in [2.75, 3.05) is 19.8 Å². The van der Waals surface area contributed by atoms with Crippen LogP contribution in [0.4, 0.5) is 0 Å². The van der Waals surface area contributed by atoms with Crippen molar-refractivity contribution in [2.45, 2.75) is 37.7 Å². The van der Waals surface area contributed by atoms with E-state index in [-0.39, 0.29) is 11.8 Å². The predicted molar refractivity (Wildman–Crippen MR) is 77.5 cm³/mol. The molecule has 1 aromatic rings. The molecule has 20 heavy (non-hydrogen) atoms. The minimum atomic E-state index is -0.802. The molecule has 1 aliphatic rings.